The zero-order chi connectivity index (χ0) is 31.6. The second-order valence-corrected chi connectivity index (χ2v) is 13.5. The zero-order valence-corrected chi connectivity index (χ0v) is 26.9. The van der Waals surface area contributed by atoms with Crippen LogP contribution in [0.25, 0.3) is 91.8 Å². The summed E-state index contributed by atoms with van der Waals surface area (Å²) < 4.78 is 3.77. The SMILES string of the molecule is c1ccc(-c2c3ccccc3c(-c3ccc(-c4ccc5c6c7ccccc7sc6n(-c6ccccc6)c5c4)cc3)c3ccccc23)cc1. The molecule has 0 N–H and O–H groups in total. The average Bonchev–Trinajstić information content (AvgIpc) is 3.69. The van der Waals surface area contributed by atoms with Gasteiger partial charge in [-0.2, -0.15) is 0 Å². The minimum atomic E-state index is 1.19. The second-order valence-electron chi connectivity index (χ2n) is 12.5. The fourth-order valence-electron chi connectivity index (χ4n) is 7.69. The third-order valence-electron chi connectivity index (χ3n) is 9.80. The molecule has 0 aliphatic carbocycles. The first-order valence-electron chi connectivity index (χ1n) is 16.4. The molecule has 0 saturated carbocycles. The average molecular weight is 628 g/mol. The Hall–Kier alpha value is -5.96. The Labute approximate surface area is 282 Å². The van der Waals surface area contributed by atoms with Crippen molar-refractivity contribution >= 4 is 64.1 Å². The molecule has 0 aliphatic heterocycles. The number of aromatic nitrogens is 1. The molecule has 0 amide bonds. The van der Waals surface area contributed by atoms with Gasteiger partial charge in [-0.05, 0) is 79.2 Å². The Morgan fingerprint density at radius 2 is 0.833 bits per heavy atom. The van der Waals surface area contributed by atoms with Crippen molar-refractivity contribution in [3.63, 3.8) is 0 Å². The molecule has 0 unspecified atom stereocenters. The van der Waals surface area contributed by atoms with Crippen LogP contribution >= 0.6 is 11.3 Å². The van der Waals surface area contributed by atoms with E-state index in [2.05, 4.69) is 180 Å². The van der Waals surface area contributed by atoms with Crippen LogP contribution in [0.1, 0.15) is 0 Å². The summed E-state index contributed by atoms with van der Waals surface area (Å²) in [4.78, 5) is 1.29. The number of para-hydroxylation sites is 1. The first-order chi connectivity index (χ1) is 23.8. The monoisotopic (exact) mass is 627 g/mol. The molecule has 10 aromatic rings. The van der Waals surface area contributed by atoms with E-state index in [1.165, 1.54) is 91.8 Å². The fourth-order valence-corrected chi connectivity index (χ4v) is 8.94. The molecule has 2 heterocycles. The largest absolute Gasteiger partial charge is 0.301 e. The summed E-state index contributed by atoms with van der Waals surface area (Å²) >= 11 is 1.87. The van der Waals surface area contributed by atoms with Gasteiger partial charge < -0.3 is 4.57 Å². The van der Waals surface area contributed by atoms with Gasteiger partial charge in [-0.25, -0.2) is 0 Å². The number of nitrogens with zero attached hydrogens (tertiary/aromatic N) is 1. The molecule has 0 fully saturated rings. The van der Waals surface area contributed by atoms with Crippen molar-refractivity contribution < 1.29 is 0 Å². The molecule has 0 bridgehead atoms. The molecule has 224 valence electrons. The van der Waals surface area contributed by atoms with Crippen LogP contribution in [0.3, 0.4) is 0 Å². The maximum atomic E-state index is 2.44. The van der Waals surface area contributed by atoms with Gasteiger partial charge in [0.05, 0.1) is 5.52 Å². The molecule has 10 rings (SSSR count). The summed E-state index contributed by atoms with van der Waals surface area (Å²) in [6.45, 7) is 0. The van der Waals surface area contributed by atoms with Crippen molar-refractivity contribution in [2.75, 3.05) is 0 Å². The highest BCUT2D eigenvalue weighted by Gasteiger charge is 2.19. The van der Waals surface area contributed by atoms with E-state index >= 15 is 0 Å². The van der Waals surface area contributed by atoms with Gasteiger partial charge in [0.25, 0.3) is 0 Å². The lowest BCUT2D eigenvalue weighted by atomic mass is 9.86. The number of rotatable bonds is 4. The van der Waals surface area contributed by atoms with E-state index in [9.17, 15) is 0 Å². The normalized spacial score (nSPS) is 11.8. The second kappa shape index (κ2) is 10.8. The van der Waals surface area contributed by atoms with Crippen LogP contribution in [0, 0.1) is 0 Å². The van der Waals surface area contributed by atoms with Crippen LogP contribution in [0.15, 0.2) is 176 Å². The predicted octanol–water partition coefficient (Wildman–Crippen LogP) is 13.3. The Morgan fingerprint density at radius 1 is 0.354 bits per heavy atom. The van der Waals surface area contributed by atoms with Gasteiger partial charge in [0.15, 0.2) is 0 Å². The van der Waals surface area contributed by atoms with E-state index in [1.807, 2.05) is 11.3 Å². The number of hydrogen-bond acceptors (Lipinski definition) is 1. The first kappa shape index (κ1) is 27.2. The maximum absolute atomic E-state index is 2.44. The van der Waals surface area contributed by atoms with Crippen molar-refractivity contribution in [3.8, 4) is 39.1 Å². The van der Waals surface area contributed by atoms with E-state index in [1.54, 1.807) is 0 Å². The highest BCUT2D eigenvalue weighted by atomic mass is 32.1. The summed E-state index contributed by atoms with van der Waals surface area (Å²) in [5.41, 5.74) is 9.91. The van der Waals surface area contributed by atoms with Gasteiger partial charge >= 0.3 is 0 Å². The van der Waals surface area contributed by atoms with Crippen LogP contribution in [0.5, 0.6) is 0 Å². The number of benzene rings is 8. The number of thiophene rings is 1. The van der Waals surface area contributed by atoms with Crippen LogP contribution < -0.4 is 0 Å². The Balaban J connectivity index is 1.15. The number of hydrogen-bond donors (Lipinski definition) is 0. The van der Waals surface area contributed by atoms with Crippen molar-refractivity contribution in [1.82, 2.24) is 4.57 Å². The van der Waals surface area contributed by atoms with Gasteiger partial charge in [-0.3, -0.25) is 0 Å². The smallest absolute Gasteiger partial charge is 0.109 e. The quantitative estimate of drug-likeness (QED) is 0.171. The van der Waals surface area contributed by atoms with Crippen LogP contribution in [-0.4, -0.2) is 4.57 Å². The van der Waals surface area contributed by atoms with E-state index < -0.39 is 0 Å². The molecule has 8 aromatic carbocycles. The Kier molecular flexibility index (Phi) is 6.12. The summed E-state index contributed by atoms with van der Waals surface area (Å²) in [6.07, 6.45) is 0. The molecule has 2 aromatic heterocycles. The van der Waals surface area contributed by atoms with E-state index in [4.69, 9.17) is 0 Å². The standard InChI is InChI=1S/C46H29NS/c1-3-13-31(14-4-1)43-35-17-7-9-19-37(35)44(38-20-10-8-18-36(38)43)32-25-23-30(24-26-32)33-27-28-39-41(29-33)47(34-15-5-2-6-16-34)46-45(39)40-21-11-12-22-42(40)48-46/h1-29H. The third-order valence-corrected chi connectivity index (χ3v) is 11.0. The molecular formula is C46H29NS. The third kappa shape index (κ3) is 4.10. The molecule has 0 atom stereocenters. The lowest BCUT2D eigenvalue weighted by molar-refractivity contribution is 1.19. The van der Waals surface area contributed by atoms with Gasteiger partial charge in [-0.1, -0.05) is 152 Å². The van der Waals surface area contributed by atoms with Crippen molar-refractivity contribution in [3.05, 3.63) is 176 Å². The van der Waals surface area contributed by atoms with Crippen molar-refractivity contribution in [2.24, 2.45) is 0 Å². The van der Waals surface area contributed by atoms with Crippen molar-refractivity contribution in [2.45, 2.75) is 0 Å². The van der Waals surface area contributed by atoms with E-state index in [0.717, 1.165) is 0 Å². The van der Waals surface area contributed by atoms with Gasteiger partial charge in [0.2, 0.25) is 0 Å². The minimum absolute atomic E-state index is 1.19. The molecule has 0 spiro atoms. The van der Waals surface area contributed by atoms with Crippen LogP contribution in [-0.2, 0) is 0 Å². The summed E-state index contributed by atoms with van der Waals surface area (Å²) in [6, 6.07) is 64.2. The zero-order valence-electron chi connectivity index (χ0n) is 26.1. The molecular weight excluding hydrogens is 599 g/mol. The minimum Gasteiger partial charge on any atom is -0.301 e. The molecule has 0 radical (unpaired) electrons. The van der Waals surface area contributed by atoms with Gasteiger partial charge in [-0.15, -0.1) is 11.3 Å². The maximum Gasteiger partial charge on any atom is 0.109 e. The lowest BCUT2D eigenvalue weighted by Gasteiger charge is -2.18. The Bertz CT molecular complexity index is 2750. The molecule has 48 heavy (non-hydrogen) atoms. The first-order valence-corrected chi connectivity index (χ1v) is 17.3. The Morgan fingerprint density at radius 3 is 1.46 bits per heavy atom. The predicted molar refractivity (Wildman–Crippen MR) is 207 cm³/mol. The molecule has 2 heteroatoms. The molecule has 1 nitrogen and oxygen atoms in total. The highest BCUT2D eigenvalue weighted by Crippen LogP contribution is 2.45. The van der Waals surface area contributed by atoms with Crippen LogP contribution in [0.4, 0.5) is 0 Å². The summed E-state index contributed by atoms with van der Waals surface area (Å²) in [7, 11) is 0. The van der Waals surface area contributed by atoms with E-state index in [-0.39, 0.29) is 0 Å². The van der Waals surface area contributed by atoms with Gasteiger partial charge in [0, 0.05) is 26.5 Å². The van der Waals surface area contributed by atoms with Crippen LogP contribution in [0.2, 0.25) is 0 Å². The lowest BCUT2D eigenvalue weighted by Crippen LogP contribution is -1.92. The van der Waals surface area contributed by atoms with E-state index in [0.29, 0.717) is 0 Å². The molecule has 0 aliphatic rings. The summed E-state index contributed by atoms with van der Waals surface area (Å²) in [5, 5.41) is 9.07. The number of fused-ring (bicyclic) bond motifs is 7. The summed E-state index contributed by atoms with van der Waals surface area (Å²) in [5.74, 6) is 0. The topological polar surface area (TPSA) is 4.93 Å². The van der Waals surface area contributed by atoms with Gasteiger partial charge in [0.1, 0.15) is 4.83 Å². The van der Waals surface area contributed by atoms with Crippen molar-refractivity contribution in [1.29, 1.82) is 0 Å². The molecule has 0 saturated heterocycles. The highest BCUT2D eigenvalue weighted by molar-refractivity contribution is 7.25. The fraction of sp³-hybridized carbons (Fsp3) is 0.